The number of rotatable bonds is 2. The molecule has 3 rings (SSSR count). The van der Waals surface area contributed by atoms with E-state index in [0.717, 1.165) is 17.7 Å². The molecular weight excluding hydrogens is 265 g/mol. The van der Waals surface area contributed by atoms with Gasteiger partial charge in [-0.2, -0.15) is 0 Å². The number of aromatic nitrogens is 1. The molecule has 5 heteroatoms. The summed E-state index contributed by atoms with van der Waals surface area (Å²) in [5, 5.41) is 0.696. The molecule has 0 aliphatic heterocycles. The van der Waals surface area contributed by atoms with Gasteiger partial charge in [-0.1, -0.05) is 0 Å². The zero-order chi connectivity index (χ0) is 13.4. The fourth-order valence-electron chi connectivity index (χ4n) is 2.19. The van der Waals surface area contributed by atoms with Crippen LogP contribution in [0.2, 0.25) is 0 Å². The third-order valence-electron chi connectivity index (χ3n) is 3.17. The molecule has 0 saturated heterocycles. The lowest BCUT2D eigenvalue weighted by Crippen LogP contribution is -2.08. The van der Waals surface area contributed by atoms with Gasteiger partial charge in [0.2, 0.25) is 0 Å². The Balaban J connectivity index is 2.03. The van der Waals surface area contributed by atoms with Crippen LogP contribution in [-0.2, 0) is 6.42 Å². The molecule has 2 aromatic rings. The first kappa shape index (κ1) is 12.3. The summed E-state index contributed by atoms with van der Waals surface area (Å²) in [6, 6.07) is 4.73. The number of hydrogen-bond acceptors (Lipinski definition) is 4. The Labute approximate surface area is 114 Å². The normalized spacial score (nSPS) is 14.3. The zero-order valence-corrected chi connectivity index (χ0v) is 11.2. The minimum Gasteiger partial charge on any atom is -0.494 e. The third-order valence-corrected chi connectivity index (χ3v) is 4.33. The van der Waals surface area contributed by atoms with E-state index in [2.05, 4.69) is 4.98 Å². The number of ether oxygens (including phenoxy) is 1. The van der Waals surface area contributed by atoms with Crippen molar-refractivity contribution >= 4 is 17.1 Å². The van der Waals surface area contributed by atoms with Crippen LogP contribution in [0.4, 0.5) is 4.39 Å². The van der Waals surface area contributed by atoms with Crippen molar-refractivity contribution in [3.63, 3.8) is 0 Å². The molecule has 1 aliphatic rings. The minimum absolute atomic E-state index is 0.0951. The zero-order valence-electron chi connectivity index (χ0n) is 10.4. The second-order valence-electron chi connectivity index (χ2n) is 4.42. The van der Waals surface area contributed by atoms with E-state index in [1.54, 1.807) is 12.1 Å². The molecule has 0 N–H and O–H groups in total. The molecule has 0 radical (unpaired) electrons. The number of hydrogen-bond donors (Lipinski definition) is 0. The first-order chi connectivity index (χ1) is 9.19. The Morgan fingerprint density at radius 3 is 2.89 bits per heavy atom. The van der Waals surface area contributed by atoms with E-state index in [9.17, 15) is 9.18 Å². The van der Waals surface area contributed by atoms with Gasteiger partial charge in [0.25, 0.3) is 0 Å². The van der Waals surface area contributed by atoms with E-state index in [0.29, 0.717) is 22.7 Å². The second kappa shape index (κ2) is 4.74. The lowest BCUT2D eigenvalue weighted by molar-refractivity contribution is 0.0968. The highest BCUT2D eigenvalue weighted by molar-refractivity contribution is 7.15. The van der Waals surface area contributed by atoms with Crippen LogP contribution >= 0.6 is 11.3 Å². The van der Waals surface area contributed by atoms with Crippen molar-refractivity contribution in [3.05, 3.63) is 34.6 Å². The molecule has 0 amide bonds. The van der Waals surface area contributed by atoms with E-state index in [4.69, 9.17) is 4.74 Å². The van der Waals surface area contributed by atoms with Crippen LogP contribution in [0, 0.1) is 5.82 Å². The Morgan fingerprint density at radius 1 is 1.37 bits per heavy atom. The van der Waals surface area contributed by atoms with Crippen molar-refractivity contribution in [1.29, 1.82) is 0 Å². The molecule has 98 valence electrons. The number of methoxy groups -OCH3 is 1. The topological polar surface area (TPSA) is 39.2 Å². The smallest absolute Gasteiger partial charge is 0.182 e. The summed E-state index contributed by atoms with van der Waals surface area (Å²) in [6.07, 6.45) is 2.33. The predicted molar refractivity (Wildman–Crippen MR) is 71.3 cm³/mol. The monoisotopic (exact) mass is 277 g/mol. The van der Waals surface area contributed by atoms with Crippen molar-refractivity contribution in [3.8, 4) is 16.3 Å². The van der Waals surface area contributed by atoms with Crippen molar-refractivity contribution < 1.29 is 13.9 Å². The Hall–Kier alpha value is -1.75. The van der Waals surface area contributed by atoms with Gasteiger partial charge in [0.05, 0.1) is 7.11 Å². The van der Waals surface area contributed by atoms with Gasteiger partial charge in [-0.25, -0.2) is 9.37 Å². The summed E-state index contributed by atoms with van der Waals surface area (Å²) in [5.74, 6) is -0.113. The maximum Gasteiger partial charge on any atom is 0.182 e. The molecule has 19 heavy (non-hydrogen) atoms. The van der Waals surface area contributed by atoms with Gasteiger partial charge >= 0.3 is 0 Å². The Morgan fingerprint density at radius 2 is 2.21 bits per heavy atom. The number of benzene rings is 1. The number of halogens is 1. The molecule has 1 aromatic carbocycles. The molecular formula is C14H12FNO2S. The van der Waals surface area contributed by atoms with Crippen LogP contribution in [-0.4, -0.2) is 17.9 Å². The lowest BCUT2D eigenvalue weighted by Gasteiger charge is -2.06. The maximum atomic E-state index is 13.7. The number of aryl methyl sites for hydroxylation is 1. The molecule has 0 spiro atoms. The molecule has 0 saturated carbocycles. The number of thiazole rings is 1. The molecule has 1 heterocycles. The third kappa shape index (κ3) is 2.14. The summed E-state index contributed by atoms with van der Waals surface area (Å²) in [5.41, 5.74) is 1.26. The summed E-state index contributed by atoms with van der Waals surface area (Å²) in [6.45, 7) is 0. The Bertz CT molecular complexity index is 651. The fourth-order valence-corrected chi connectivity index (χ4v) is 3.31. The van der Waals surface area contributed by atoms with Crippen LogP contribution in [0.3, 0.4) is 0 Å². The van der Waals surface area contributed by atoms with Gasteiger partial charge in [-0.3, -0.25) is 4.79 Å². The minimum atomic E-state index is -0.417. The molecule has 0 bridgehead atoms. The summed E-state index contributed by atoms with van der Waals surface area (Å²) < 4.78 is 18.6. The summed E-state index contributed by atoms with van der Waals surface area (Å²) >= 11 is 1.47. The van der Waals surface area contributed by atoms with Crippen molar-refractivity contribution in [1.82, 2.24) is 4.98 Å². The van der Waals surface area contributed by atoms with E-state index < -0.39 is 5.82 Å². The highest BCUT2D eigenvalue weighted by atomic mass is 32.1. The quantitative estimate of drug-likeness (QED) is 0.843. The Kier molecular flexibility index (Phi) is 3.06. The number of Topliss-reactive ketones (excluding diaryl/α,β-unsaturated/α-hetero) is 1. The van der Waals surface area contributed by atoms with Gasteiger partial charge in [0.1, 0.15) is 10.7 Å². The van der Waals surface area contributed by atoms with E-state index >= 15 is 0 Å². The van der Waals surface area contributed by atoms with Crippen LogP contribution in [0.25, 0.3) is 10.6 Å². The molecule has 0 atom stereocenters. The highest BCUT2D eigenvalue weighted by Gasteiger charge is 2.22. The van der Waals surface area contributed by atoms with Gasteiger partial charge in [-0.15, -0.1) is 11.3 Å². The maximum absolute atomic E-state index is 13.7. The molecule has 1 aromatic heterocycles. The molecule has 0 unspecified atom stereocenters. The van der Waals surface area contributed by atoms with Gasteiger partial charge < -0.3 is 4.74 Å². The van der Waals surface area contributed by atoms with Crippen molar-refractivity contribution in [2.45, 2.75) is 19.3 Å². The predicted octanol–water partition coefficient (Wildman–Crippen LogP) is 3.48. The number of ketones is 1. The number of carbonyl (C=O) groups is 1. The standard InChI is InChI=1S/C14H12FNO2S/c1-18-11-6-5-8(7-9(11)15)14-16-13-10(17)3-2-4-12(13)19-14/h5-7H,2-4H2,1H3. The summed E-state index contributed by atoms with van der Waals surface area (Å²) in [4.78, 5) is 17.1. The van der Waals surface area contributed by atoms with Crippen LogP contribution in [0.1, 0.15) is 28.2 Å². The van der Waals surface area contributed by atoms with E-state index in [-0.39, 0.29) is 11.5 Å². The van der Waals surface area contributed by atoms with Crippen LogP contribution in [0.5, 0.6) is 5.75 Å². The van der Waals surface area contributed by atoms with Crippen molar-refractivity contribution in [2.24, 2.45) is 0 Å². The van der Waals surface area contributed by atoms with Gasteiger partial charge in [-0.05, 0) is 31.0 Å². The lowest BCUT2D eigenvalue weighted by atomic mass is 10.0. The SMILES string of the molecule is COc1ccc(-c2nc3c(s2)CCCC3=O)cc1F. The highest BCUT2D eigenvalue weighted by Crippen LogP contribution is 2.34. The fraction of sp³-hybridized carbons (Fsp3) is 0.286. The van der Waals surface area contributed by atoms with Crippen LogP contribution in [0.15, 0.2) is 18.2 Å². The van der Waals surface area contributed by atoms with Gasteiger partial charge in [0.15, 0.2) is 17.3 Å². The van der Waals surface area contributed by atoms with Crippen LogP contribution < -0.4 is 4.74 Å². The van der Waals surface area contributed by atoms with E-state index in [1.807, 2.05) is 0 Å². The number of nitrogens with zero attached hydrogens (tertiary/aromatic N) is 1. The number of fused-ring (bicyclic) bond motifs is 1. The molecule has 3 nitrogen and oxygen atoms in total. The largest absolute Gasteiger partial charge is 0.494 e. The average Bonchev–Trinajstić information content (AvgIpc) is 2.84. The first-order valence-corrected chi connectivity index (χ1v) is 6.87. The molecule has 1 aliphatic carbocycles. The average molecular weight is 277 g/mol. The molecule has 0 fully saturated rings. The second-order valence-corrected chi connectivity index (χ2v) is 5.50. The number of carbonyl (C=O) groups excluding carboxylic acids is 1. The van der Waals surface area contributed by atoms with Crippen molar-refractivity contribution in [2.75, 3.05) is 7.11 Å². The first-order valence-electron chi connectivity index (χ1n) is 6.06. The van der Waals surface area contributed by atoms with E-state index in [1.165, 1.54) is 24.5 Å². The van der Waals surface area contributed by atoms with Gasteiger partial charge in [0, 0.05) is 16.9 Å². The summed E-state index contributed by atoms with van der Waals surface area (Å²) in [7, 11) is 1.43.